The normalized spacial score (nSPS) is 15.2. The van der Waals surface area contributed by atoms with E-state index in [1.54, 1.807) is 45.3 Å². The molecule has 0 bridgehead atoms. The Bertz CT molecular complexity index is 2630. The molecule has 0 atom stereocenters. The van der Waals surface area contributed by atoms with Crippen LogP contribution >= 0.6 is 22.7 Å². The number of morpholine rings is 1. The van der Waals surface area contributed by atoms with E-state index in [1.807, 2.05) is 77.9 Å². The quantitative estimate of drug-likeness (QED) is 0.102. The van der Waals surface area contributed by atoms with Crippen molar-refractivity contribution in [3.05, 3.63) is 83.3 Å². The number of nitrogen functional groups attached to an aromatic ring is 1. The maximum absolute atomic E-state index is 13.1. The number of nitrogens with two attached hydrogens (primary N) is 1. The summed E-state index contributed by atoms with van der Waals surface area (Å²) in [7, 11) is 0. The van der Waals surface area contributed by atoms with Gasteiger partial charge in [-0.05, 0) is 77.9 Å². The lowest BCUT2D eigenvalue weighted by atomic mass is 10.2. The van der Waals surface area contributed by atoms with E-state index in [0.29, 0.717) is 87.8 Å². The summed E-state index contributed by atoms with van der Waals surface area (Å²) in [6.07, 6.45) is 5.87. The number of nitrogens with one attached hydrogen (secondary N) is 4. The zero-order valence-electron chi connectivity index (χ0n) is 40.6. The molecule has 3 aliphatic heterocycles. The standard InChI is InChI=1S/C29H36N8O5S.C18H24N6O3S/c1-29(2,3)42-28(40)37-12-10-36(11-13-37)24-8-9-30-18-22(24)32-25(38)23-19-43-27(33-23)34-26(39)31-20-4-6-21(7-5-20)35-14-16-41-17-15-35;1-18(2,3)27-17(26)24-8-6-23(7-9-24)14-4-5-20-10-12(14)21-15(25)13-11-28-16(19)22-13/h4-9,18-19H,10-17H2,1-3H3,(H,32,38)(H2,31,33,34,39);4-5,10-11H,6-9H2,1-3H3,(H2,19,22)(H,21,25). The van der Waals surface area contributed by atoms with Crippen LogP contribution in [0.5, 0.6) is 0 Å². The van der Waals surface area contributed by atoms with E-state index in [-0.39, 0.29) is 34.6 Å². The van der Waals surface area contributed by atoms with Gasteiger partial charge in [0.15, 0.2) is 10.3 Å². The summed E-state index contributed by atoms with van der Waals surface area (Å²) >= 11 is 2.36. The van der Waals surface area contributed by atoms with Crippen molar-refractivity contribution in [2.45, 2.75) is 52.7 Å². The first-order valence-electron chi connectivity index (χ1n) is 23.0. The molecule has 6 amide bonds. The predicted molar refractivity (Wildman–Crippen MR) is 275 cm³/mol. The van der Waals surface area contributed by atoms with Gasteiger partial charge in [-0.15, -0.1) is 22.7 Å². The number of hydrogen-bond acceptors (Lipinski definition) is 18. The molecule has 7 heterocycles. The molecule has 24 heteroatoms. The van der Waals surface area contributed by atoms with Gasteiger partial charge in [-0.3, -0.25) is 24.9 Å². The molecule has 0 radical (unpaired) electrons. The van der Waals surface area contributed by atoms with Gasteiger partial charge in [-0.2, -0.15) is 0 Å². The molecule has 0 saturated carbocycles. The molecular weight excluding hydrogens is 953 g/mol. The van der Waals surface area contributed by atoms with Crippen LogP contribution in [-0.2, 0) is 14.2 Å². The van der Waals surface area contributed by atoms with E-state index in [4.69, 9.17) is 19.9 Å². The molecule has 5 aromatic rings. The van der Waals surface area contributed by atoms with Crippen LogP contribution in [0.3, 0.4) is 0 Å². The average Bonchev–Trinajstić information content (AvgIpc) is 4.01. The minimum Gasteiger partial charge on any atom is -0.444 e. The smallest absolute Gasteiger partial charge is 0.410 e. The molecule has 378 valence electrons. The number of urea groups is 1. The summed E-state index contributed by atoms with van der Waals surface area (Å²) in [6, 6.07) is 10.8. The fourth-order valence-corrected chi connectivity index (χ4v) is 8.70. The molecule has 3 fully saturated rings. The monoisotopic (exact) mass is 1010 g/mol. The number of rotatable bonds is 9. The lowest BCUT2D eigenvalue weighted by molar-refractivity contribution is 0.0230. The highest BCUT2D eigenvalue weighted by Gasteiger charge is 2.29. The molecule has 1 aromatic carbocycles. The lowest BCUT2D eigenvalue weighted by Gasteiger charge is -2.37. The second-order valence-electron chi connectivity index (χ2n) is 18.4. The minimum atomic E-state index is -0.554. The van der Waals surface area contributed by atoms with Gasteiger partial charge in [0.1, 0.15) is 22.6 Å². The fraction of sp³-hybridized carbons (Fsp3) is 0.426. The Kier molecular flexibility index (Phi) is 16.7. The number of carbonyl (C=O) groups is 5. The largest absolute Gasteiger partial charge is 0.444 e. The van der Waals surface area contributed by atoms with E-state index in [2.05, 4.69) is 55.9 Å². The van der Waals surface area contributed by atoms with E-state index in [0.717, 1.165) is 41.5 Å². The third-order valence-corrected chi connectivity index (χ3v) is 12.3. The van der Waals surface area contributed by atoms with E-state index >= 15 is 0 Å². The van der Waals surface area contributed by atoms with Gasteiger partial charge < -0.3 is 60.4 Å². The molecule has 8 rings (SSSR count). The number of ether oxygens (including phenoxy) is 3. The van der Waals surface area contributed by atoms with Gasteiger partial charge in [0, 0.05) is 100.0 Å². The maximum Gasteiger partial charge on any atom is 0.410 e. The SMILES string of the molecule is CC(C)(C)OC(=O)N1CCN(c2ccncc2NC(=O)c2csc(N)n2)CC1.CC(C)(C)OC(=O)N1CCN(c2ccncc2NC(=O)c2csc(NC(=O)Nc3ccc(N4CCOCC4)cc3)n2)CC1. The first-order chi connectivity index (χ1) is 33.9. The summed E-state index contributed by atoms with van der Waals surface area (Å²) in [5.41, 5.74) is 9.42. The number of pyridine rings is 2. The van der Waals surface area contributed by atoms with Crippen molar-refractivity contribution in [3.63, 3.8) is 0 Å². The number of nitrogens with zero attached hydrogens (tertiary/aromatic N) is 9. The number of piperazine rings is 2. The fourth-order valence-electron chi connectivity index (χ4n) is 7.47. The molecule has 0 spiro atoms. The third kappa shape index (κ3) is 14.9. The molecule has 4 aromatic heterocycles. The van der Waals surface area contributed by atoms with Crippen LogP contribution in [0.4, 0.5) is 58.8 Å². The van der Waals surface area contributed by atoms with Gasteiger partial charge in [0.05, 0.1) is 48.4 Å². The summed E-state index contributed by atoms with van der Waals surface area (Å²) in [6.45, 7) is 18.6. The summed E-state index contributed by atoms with van der Waals surface area (Å²) in [5.74, 6) is -0.764. The number of amides is 6. The highest BCUT2D eigenvalue weighted by Crippen LogP contribution is 2.29. The van der Waals surface area contributed by atoms with Crippen LogP contribution in [-0.4, -0.2) is 150 Å². The third-order valence-electron chi connectivity index (χ3n) is 10.8. The number of carbonyl (C=O) groups excluding carboxylic acids is 5. The van der Waals surface area contributed by atoms with Gasteiger partial charge >= 0.3 is 18.2 Å². The van der Waals surface area contributed by atoms with Crippen LogP contribution in [0.2, 0.25) is 0 Å². The number of hydrogen-bond donors (Lipinski definition) is 5. The summed E-state index contributed by atoms with van der Waals surface area (Å²) in [4.78, 5) is 89.0. The molecule has 6 N–H and O–H groups in total. The van der Waals surface area contributed by atoms with Crippen molar-refractivity contribution >= 4 is 97.1 Å². The van der Waals surface area contributed by atoms with Crippen molar-refractivity contribution < 1.29 is 38.2 Å². The van der Waals surface area contributed by atoms with Crippen LogP contribution in [0.15, 0.2) is 71.9 Å². The van der Waals surface area contributed by atoms with Crippen LogP contribution in [0, 0.1) is 0 Å². The Morgan fingerprint density at radius 1 is 0.592 bits per heavy atom. The minimum absolute atomic E-state index is 0.166. The topological polar surface area (TPSA) is 255 Å². The van der Waals surface area contributed by atoms with Crippen molar-refractivity contribution in [2.75, 3.05) is 120 Å². The zero-order valence-corrected chi connectivity index (χ0v) is 42.2. The number of benzene rings is 1. The van der Waals surface area contributed by atoms with Gasteiger partial charge in [0.2, 0.25) is 0 Å². The molecular formula is C47H60N14O8S2. The zero-order chi connectivity index (χ0) is 50.7. The molecule has 3 saturated heterocycles. The second kappa shape index (κ2) is 23.1. The van der Waals surface area contributed by atoms with Crippen LogP contribution < -0.4 is 41.7 Å². The van der Waals surface area contributed by atoms with Crippen molar-refractivity contribution in [2.24, 2.45) is 0 Å². The maximum atomic E-state index is 13.1. The predicted octanol–water partition coefficient (Wildman–Crippen LogP) is 6.76. The van der Waals surface area contributed by atoms with E-state index < -0.39 is 23.1 Å². The molecule has 3 aliphatic rings. The van der Waals surface area contributed by atoms with E-state index in [1.165, 1.54) is 11.3 Å². The molecule has 0 aliphatic carbocycles. The average molecular weight is 1010 g/mol. The van der Waals surface area contributed by atoms with Crippen molar-refractivity contribution in [3.8, 4) is 0 Å². The summed E-state index contributed by atoms with van der Waals surface area (Å²) in [5, 5.41) is 15.0. The van der Waals surface area contributed by atoms with Crippen molar-refractivity contribution in [1.82, 2.24) is 29.7 Å². The highest BCUT2D eigenvalue weighted by atomic mass is 32.1. The van der Waals surface area contributed by atoms with E-state index in [9.17, 15) is 24.0 Å². The highest BCUT2D eigenvalue weighted by molar-refractivity contribution is 7.14. The molecule has 71 heavy (non-hydrogen) atoms. The molecule has 0 unspecified atom stereocenters. The van der Waals surface area contributed by atoms with Gasteiger partial charge in [-0.1, -0.05) is 0 Å². The lowest BCUT2D eigenvalue weighted by Crippen LogP contribution is -2.50. The summed E-state index contributed by atoms with van der Waals surface area (Å²) < 4.78 is 16.3. The Hall–Kier alpha value is -7.31. The van der Waals surface area contributed by atoms with Gasteiger partial charge in [0.25, 0.3) is 11.8 Å². The number of anilines is 8. The number of thiazole rings is 2. The second-order valence-corrected chi connectivity index (χ2v) is 20.2. The van der Waals surface area contributed by atoms with Crippen molar-refractivity contribution in [1.29, 1.82) is 0 Å². The Morgan fingerprint density at radius 2 is 1.07 bits per heavy atom. The first kappa shape index (κ1) is 51.5. The van der Waals surface area contributed by atoms with Crippen LogP contribution in [0.25, 0.3) is 0 Å². The van der Waals surface area contributed by atoms with Gasteiger partial charge in [-0.25, -0.2) is 24.4 Å². The Labute approximate surface area is 419 Å². The number of aromatic nitrogens is 4. The Balaban J connectivity index is 0.000000229. The first-order valence-corrected chi connectivity index (χ1v) is 24.8. The van der Waals surface area contributed by atoms with Crippen LogP contribution in [0.1, 0.15) is 62.5 Å². The molecule has 22 nitrogen and oxygen atoms in total. The Morgan fingerprint density at radius 3 is 1.54 bits per heavy atom.